The van der Waals surface area contributed by atoms with Crippen LogP contribution in [0.15, 0.2) is 23.4 Å². The van der Waals surface area contributed by atoms with Gasteiger partial charge in [-0.3, -0.25) is 0 Å². The molecule has 0 aliphatic carbocycles. The number of pyridine rings is 1. The summed E-state index contributed by atoms with van der Waals surface area (Å²) in [7, 11) is -3.65. The maximum atomic E-state index is 10.9. The highest BCUT2D eigenvalue weighted by Gasteiger charge is 2.08. The van der Waals surface area contributed by atoms with Gasteiger partial charge in [-0.25, -0.2) is 18.5 Å². The summed E-state index contributed by atoms with van der Waals surface area (Å²) in [4.78, 5) is 3.68. The third kappa shape index (κ3) is 2.78. The van der Waals surface area contributed by atoms with Crippen LogP contribution in [-0.4, -0.2) is 13.4 Å². The Morgan fingerprint density at radius 1 is 1.54 bits per heavy atom. The first-order chi connectivity index (χ1) is 6.04. The van der Waals surface area contributed by atoms with E-state index in [1.54, 1.807) is 6.07 Å². The minimum atomic E-state index is -3.65. The van der Waals surface area contributed by atoms with Gasteiger partial charge in [0.25, 0.3) is 10.0 Å². The Balaban J connectivity index is 3.06. The number of sulfonamides is 1. The summed E-state index contributed by atoms with van der Waals surface area (Å²) in [6, 6.07) is 3.30. The van der Waals surface area contributed by atoms with Crippen molar-refractivity contribution in [3.8, 4) is 0 Å². The maximum Gasteiger partial charge on any atom is 0.255 e. The maximum absolute atomic E-state index is 10.9. The molecule has 0 amide bonds. The van der Waals surface area contributed by atoms with Crippen LogP contribution >= 0.6 is 0 Å². The number of nitrogens with zero attached hydrogens (tertiary/aromatic N) is 1. The van der Waals surface area contributed by atoms with Gasteiger partial charge in [0.05, 0.1) is 0 Å². The van der Waals surface area contributed by atoms with Crippen LogP contribution < -0.4 is 5.14 Å². The lowest BCUT2D eigenvalue weighted by Crippen LogP contribution is -2.14. The molecule has 0 saturated carbocycles. The molecule has 0 aliphatic rings. The number of aryl methyl sites for hydroxylation is 1. The molecular formula is C8H12N2O2S. The molecule has 1 heterocycles. The Hall–Kier alpha value is -0.940. The largest absolute Gasteiger partial charge is 0.255 e. The van der Waals surface area contributed by atoms with Crippen molar-refractivity contribution in [3.63, 3.8) is 0 Å². The minimum Gasteiger partial charge on any atom is -0.243 e. The zero-order valence-electron chi connectivity index (χ0n) is 7.40. The second-order valence-electron chi connectivity index (χ2n) is 2.80. The number of nitrogens with two attached hydrogens (primary N) is 1. The Kier molecular flexibility index (Phi) is 3.00. The molecule has 0 radical (unpaired) electrons. The Bertz CT molecular complexity index is 387. The van der Waals surface area contributed by atoms with Crippen LogP contribution in [0.25, 0.3) is 0 Å². The van der Waals surface area contributed by atoms with E-state index in [9.17, 15) is 8.42 Å². The molecule has 0 atom stereocenters. The van der Waals surface area contributed by atoms with Crippen molar-refractivity contribution in [2.75, 3.05) is 0 Å². The first-order valence-corrected chi connectivity index (χ1v) is 5.56. The van der Waals surface area contributed by atoms with Crippen LogP contribution in [0.1, 0.15) is 18.9 Å². The summed E-state index contributed by atoms with van der Waals surface area (Å²) in [5.41, 5.74) is 0.946. The standard InChI is InChI=1S/C8H12N2O2S/c1-2-3-7-4-5-10-8(6-7)13(9,11)12/h4-6H,2-3H2,1H3,(H2,9,11,12). The van der Waals surface area contributed by atoms with Crippen LogP contribution in [-0.2, 0) is 16.4 Å². The molecular weight excluding hydrogens is 188 g/mol. The third-order valence-corrected chi connectivity index (χ3v) is 2.44. The van der Waals surface area contributed by atoms with E-state index in [0.717, 1.165) is 18.4 Å². The zero-order chi connectivity index (χ0) is 9.90. The predicted octanol–water partition coefficient (Wildman–Crippen LogP) is 0.682. The Labute approximate surface area is 77.8 Å². The SMILES string of the molecule is CCCc1ccnc(S(N)(=O)=O)c1. The molecule has 0 spiro atoms. The first kappa shape index (κ1) is 10.1. The average molecular weight is 200 g/mol. The lowest BCUT2D eigenvalue weighted by Gasteiger charge is -2.00. The van der Waals surface area contributed by atoms with Gasteiger partial charge in [-0.05, 0) is 24.1 Å². The molecule has 1 aromatic rings. The van der Waals surface area contributed by atoms with Crippen molar-refractivity contribution in [1.29, 1.82) is 0 Å². The van der Waals surface area contributed by atoms with E-state index in [0.29, 0.717) is 0 Å². The van der Waals surface area contributed by atoms with Gasteiger partial charge in [0.15, 0.2) is 5.03 Å². The van der Waals surface area contributed by atoms with Gasteiger partial charge in [0, 0.05) is 6.20 Å². The molecule has 0 unspecified atom stereocenters. The molecule has 72 valence electrons. The highest BCUT2D eigenvalue weighted by Crippen LogP contribution is 2.07. The van der Waals surface area contributed by atoms with Crippen LogP contribution in [0.2, 0.25) is 0 Å². The summed E-state index contributed by atoms with van der Waals surface area (Å²) in [5, 5.41) is 4.87. The Morgan fingerprint density at radius 3 is 2.77 bits per heavy atom. The van der Waals surface area contributed by atoms with E-state index in [2.05, 4.69) is 4.98 Å². The van der Waals surface area contributed by atoms with Crippen molar-refractivity contribution in [2.45, 2.75) is 24.8 Å². The second kappa shape index (κ2) is 3.85. The molecule has 0 aliphatic heterocycles. The molecule has 2 N–H and O–H groups in total. The topological polar surface area (TPSA) is 73.0 Å². The number of primary sulfonamides is 1. The van der Waals surface area contributed by atoms with E-state index < -0.39 is 10.0 Å². The van der Waals surface area contributed by atoms with E-state index in [1.807, 2.05) is 6.92 Å². The van der Waals surface area contributed by atoms with Gasteiger partial charge in [0.2, 0.25) is 0 Å². The van der Waals surface area contributed by atoms with Gasteiger partial charge in [-0.2, -0.15) is 0 Å². The molecule has 1 rings (SSSR count). The predicted molar refractivity (Wildman–Crippen MR) is 49.6 cm³/mol. The molecule has 4 nitrogen and oxygen atoms in total. The van der Waals surface area contributed by atoms with Gasteiger partial charge < -0.3 is 0 Å². The summed E-state index contributed by atoms with van der Waals surface area (Å²) >= 11 is 0. The summed E-state index contributed by atoms with van der Waals surface area (Å²) < 4.78 is 21.8. The van der Waals surface area contributed by atoms with Crippen LogP contribution in [0.5, 0.6) is 0 Å². The minimum absolute atomic E-state index is 0.0570. The highest BCUT2D eigenvalue weighted by molar-refractivity contribution is 7.89. The normalized spacial score (nSPS) is 11.5. The van der Waals surface area contributed by atoms with E-state index in [1.165, 1.54) is 12.3 Å². The molecule has 13 heavy (non-hydrogen) atoms. The fourth-order valence-corrected chi connectivity index (χ4v) is 1.57. The zero-order valence-corrected chi connectivity index (χ0v) is 8.21. The van der Waals surface area contributed by atoms with Crippen molar-refractivity contribution in [1.82, 2.24) is 4.98 Å². The molecule has 0 fully saturated rings. The monoisotopic (exact) mass is 200 g/mol. The molecule has 0 saturated heterocycles. The molecule has 1 aromatic heterocycles. The van der Waals surface area contributed by atoms with E-state index in [4.69, 9.17) is 5.14 Å². The summed E-state index contributed by atoms with van der Waals surface area (Å²) in [5.74, 6) is 0. The molecule has 0 bridgehead atoms. The van der Waals surface area contributed by atoms with Gasteiger partial charge in [-0.1, -0.05) is 13.3 Å². The van der Waals surface area contributed by atoms with Crippen molar-refractivity contribution >= 4 is 10.0 Å². The smallest absolute Gasteiger partial charge is 0.243 e. The van der Waals surface area contributed by atoms with Gasteiger partial charge in [-0.15, -0.1) is 0 Å². The van der Waals surface area contributed by atoms with Crippen LogP contribution in [0.3, 0.4) is 0 Å². The fraction of sp³-hybridized carbons (Fsp3) is 0.375. The first-order valence-electron chi connectivity index (χ1n) is 4.01. The van der Waals surface area contributed by atoms with Gasteiger partial charge >= 0.3 is 0 Å². The van der Waals surface area contributed by atoms with E-state index >= 15 is 0 Å². The lowest BCUT2D eigenvalue weighted by atomic mass is 10.2. The average Bonchev–Trinajstić information content (AvgIpc) is 2.04. The third-order valence-electron chi connectivity index (χ3n) is 1.63. The van der Waals surface area contributed by atoms with Crippen molar-refractivity contribution < 1.29 is 8.42 Å². The van der Waals surface area contributed by atoms with Crippen molar-refractivity contribution in [2.24, 2.45) is 5.14 Å². The molecule has 5 heteroatoms. The van der Waals surface area contributed by atoms with Crippen LogP contribution in [0, 0.1) is 0 Å². The fourth-order valence-electron chi connectivity index (χ4n) is 1.05. The summed E-state index contributed by atoms with van der Waals surface area (Å²) in [6.07, 6.45) is 3.27. The summed E-state index contributed by atoms with van der Waals surface area (Å²) in [6.45, 7) is 2.02. The van der Waals surface area contributed by atoms with Crippen LogP contribution in [0.4, 0.5) is 0 Å². The number of rotatable bonds is 3. The molecule has 0 aromatic carbocycles. The Morgan fingerprint density at radius 2 is 2.23 bits per heavy atom. The van der Waals surface area contributed by atoms with Crippen molar-refractivity contribution in [3.05, 3.63) is 23.9 Å². The number of hydrogen-bond acceptors (Lipinski definition) is 3. The quantitative estimate of drug-likeness (QED) is 0.779. The highest BCUT2D eigenvalue weighted by atomic mass is 32.2. The van der Waals surface area contributed by atoms with E-state index in [-0.39, 0.29) is 5.03 Å². The number of hydrogen-bond donors (Lipinski definition) is 1. The number of aromatic nitrogens is 1. The second-order valence-corrected chi connectivity index (χ2v) is 4.31. The lowest BCUT2D eigenvalue weighted by molar-refractivity contribution is 0.594. The van der Waals surface area contributed by atoms with Gasteiger partial charge in [0.1, 0.15) is 0 Å².